The minimum Gasteiger partial charge on any atom is -0.392 e. The van der Waals surface area contributed by atoms with E-state index < -0.39 is 0 Å². The van der Waals surface area contributed by atoms with Gasteiger partial charge in [0.25, 0.3) is 0 Å². The number of likely N-dealkylation sites (N-methyl/N-ethyl adjacent to an activating group) is 1. The summed E-state index contributed by atoms with van der Waals surface area (Å²) in [4.78, 5) is 14.0. The molecule has 0 aliphatic carbocycles. The number of carbonyl (C=O) groups is 1. The van der Waals surface area contributed by atoms with Gasteiger partial charge in [0.05, 0.1) is 11.5 Å². The first-order valence-electron chi connectivity index (χ1n) is 5.66. The molecule has 1 unspecified atom stereocenters. The molecule has 0 aliphatic rings. The second-order valence-corrected chi connectivity index (χ2v) is 4.89. The molecule has 5 heteroatoms. The Morgan fingerprint density at radius 2 is 1.94 bits per heavy atom. The van der Waals surface area contributed by atoms with E-state index in [2.05, 4.69) is 19.2 Å². The van der Waals surface area contributed by atoms with Crippen LogP contribution >= 0.6 is 12.2 Å². The van der Waals surface area contributed by atoms with Crippen molar-refractivity contribution in [2.45, 2.75) is 33.7 Å². The van der Waals surface area contributed by atoms with Crippen LogP contribution in [0, 0.1) is 5.92 Å². The summed E-state index contributed by atoms with van der Waals surface area (Å²) in [5.74, 6) is 0.467. The third-order valence-corrected chi connectivity index (χ3v) is 2.71. The van der Waals surface area contributed by atoms with Crippen LogP contribution in [0.1, 0.15) is 27.7 Å². The predicted molar refractivity (Wildman–Crippen MR) is 71.3 cm³/mol. The summed E-state index contributed by atoms with van der Waals surface area (Å²) in [6.07, 6.45) is 0. The first-order chi connectivity index (χ1) is 7.36. The lowest BCUT2D eigenvalue weighted by Crippen LogP contribution is -2.44. The molecule has 0 heterocycles. The average Bonchev–Trinajstić information content (AvgIpc) is 2.15. The van der Waals surface area contributed by atoms with Crippen LogP contribution in [0.15, 0.2) is 0 Å². The lowest BCUT2D eigenvalue weighted by atomic mass is 10.1. The Morgan fingerprint density at radius 3 is 2.31 bits per heavy atom. The molecule has 0 spiro atoms. The molecule has 0 aromatic carbocycles. The molecule has 94 valence electrons. The van der Waals surface area contributed by atoms with Gasteiger partial charge in [-0.05, 0) is 19.4 Å². The minimum absolute atomic E-state index is 0.0271. The standard InChI is InChI=1S/C11H23N3OS/c1-5-14(6-10(12)16)7-11(15)13-9(4)8(2)3/h8-9H,5-7H2,1-4H3,(H2,12,16)(H,13,15). The molecule has 4 nitrogen and oxygen atoms in total. The first kappa shape index (κ1) is 15.3. The summed E-state index contributed by atoms with van der Waals surface area (Å²) in [6, 6.07) is 0.191. The fourth-order valence-electron chi connectivity index (χ4n) is 1.17. The van der Waals surface area contributed by atoms with Gasteiger partial charge in [-0.25, -0.2) is 0 Å². The van der Waals surface area contributed by atoms with E-state index >= 15 is 0 Å². The van der Waals surface area contributed by atoms with E-state index in [-0.39, 0.29) is 11.9 Å². The Hall–Kier alpha value is -0.680. The Morgan fingerprint density at radius 1 is 1.38 bits per heavy atom. The van der Waals surface area contributed by atoms with E-state index in [4.69, 9.17) is 18.0 Å². The maximum atomic E-state index is 11.7. The fraction of sp³-hybridized carbons (Fsp3) is 0.818. The molecular weight excluding hydrogens is 222 g/mol. The topological polar surface area (TPSA) is 58.4 Å². The molecule has 0 radical (unpaired) electrons. The number of nitrogens with zero attached hydrogens (tertiary/aromatic N) is 1. The van der Waals surface area contributed by atoms with E-state index in [1.807, 2.05) is 18.7 Å². The van der Waals surface area contributed by atoms with Crippen LogP contribution < -0.4 is 11.1 Å². The Kier molecular flexibility index (Phi) is 7.25. The van der Waals surface area contributed by atoms with Crippen LogP contribution in [-0.2, 0) is 4.79 Å². The molecule has 0 aromatic heterocycles. The molecule has 0 saturated carbocycles. The highest BCUT2D eigenvalue weighted by Crippen LogP contribution is 1.99. The van der Waals surface area contributed by atoms with Gasteiger partial charge in [-0.2, -0.15) is 0 Å². The number of thiocarbonyl (C=S) groups is 1. The normalized spacial score (nSPS) is 12.9. The molecule has 0 fully saturated rings. The molecule has 3 N–H and O–H groups in total. The van der Waals surface area contributed by atoms with Gasteiger partial charge in [-0.3, -0.25) is 9.69 Å². The van der Waals surface area contributed by atoms with Gasteiger partial charge in [0.1, 0.15) is 0 Å². The highest BCUT2D eigenvalue weighted by Gasteiger charge is 2.13. The van der Waals surface area contributed by atoms with Gasteiger partial charge in [-0.1, -0.05) is 33.0 Å². The van der Waals surface area contributed by atoms with Gasteiger partial charge in [0.15, 0.2) is 0 Å². The van der Waals surface area contributed by atoms with Crippen LogP contribution in [0.25, 0.3) is 0 Å². The number of hydrogen-bond donors (Lipinski definition) is 2. The molecule has 0 saturated heterocycles. The quantitative estimate of drug-likeness (QED) is 0.650. The van der Waals surface area contributed by atoms with Crippen LogP contribution in [0.4, 0.5) is 0 Å². The molecular formula is C11H23N3OS. The van der Waals surface area contributed by atoms with Crippen LogP contribution in [0.2, 0.25) is 0 Å². The molecule has 1 amide bonds. The van der Waals surface area contributed by atoms with Crippen molar-refractivity contribution in [3.05, 3.63) is 0 Å². The van der Waals surface area contributed by atoms with E-state index in [1.165, 1.54) is 0 Å². The van der Waals surface area contributed by atoms with Crippen molar-refractivity contribution in [2.75, 3.05) is 19.6 Å². The van der Waals surface area contributed by atoms with Crippen molar-refractivity contribution >= 4 is 23.1 Å². The third-order valence-electron chi connectivity index (χ3n) is 2.58. The second-order valence-electron chi connectivity index (χ2n) is 4.37. The summed E-state index contributed by atoms with van der Waals surface area (Å²) in [6.45, 7) is 9.76. The highest BCUT2D eigenvalue weighted by molar-refractivity contribution is 7.80. The lowest BCUT2D eigenvalue weighted by Gasteiger charge is -2.22. The summed E-state index contributed by atoms with van der Waals surface area (Å²) in [7, 11) is 0. The predicted octanol–water partition coefficient (Wildman–Crippen LogP) is 0.755. The van der Waals surface area contributed by atoms with Crippen LogP contribution in [0.3, 0.4) is 0 Å². The maximum absolute atomic E-state index is 11.7. The van der Waals surface area contributed by atoms with E-state index in [1.54, 1.807) is 0 Å². The zero-order valence-corrected chi connectivity index (χ0v) is 11.4. The number of carbonyl (C=O) groups excluding carboxylic acids is 1. The SMILES string of the molecule is CCN(CC(=O)NC(C)C(C)C)CC(N)=S. The molecule has 1 atom stereocenters. The summed E-state index contributed by atoms with van der Waals surface area (Å²) in [5, 5.41) is 2.95. The second kappa shape index (κ2) is 7.57. The van der Waals surface area contributed by atoms with E-state index in [0.717, 1.165) is 6.54 Å². The van der Waals surface area contributed by atoms with Crippen molar-refractivity contribution in [2.24, 2.45) is 11.7 Å². The Labute approximate surface area is 104 Å². The monoisotopic (exact) mass is 245 g/mol. The smallest absolute Gasteiger partial charge is 0.234 e. The van der Waals surface area contributed by atoms with Crippen molar-refractivity contribution in [1.29, 1.82) is 0 Å². The molecule has 0 bridgehead atoms. The Balaban J connectivity index is 4.05. The van der Waals surface area contributed by atoms with Crippen LogP contribution in [0.5, 0.6) is 0 Å². The van der Waals surface area contributed by atoms with Gasteiger partial charge in [0.2, 0.25) is 5.91 Å². The molecule has 16 heavy (non-hydrogen) atoms. The fourth-order valence-corrected chi connectivity index (χ4v) is 1.35. The number of amides is 1. The summed E-state index contributed by atoms with van der Waals surface area (Å²) >= 11 is 4.82. The Bertz CT molecular complexity index is 243. The van der Waals surface area contributed by atoms with Crippen molar-refractivity contribution < 1.29 is 4.79 Å². The zero-order chi connectivity index (χ0) is 12.7. The zero-order valence-electron chi connectivity index (χ0n) is 10.6. The van der Waals surface area contributed by atoms with Gasteiger partial charge in [0, 0.05) is 12.6 Å². The minimum atomic E-state index is 0.0271. The van der Waals surface area contributed by atoms with Crippen molar-refractivity contribution in [1.82, 2.24) is 10.2 Å². The van der Waals surface area contributed by atoms with E-state index in [0.29, 0.717) is 24.0 Å². The molecule has 0 aromatic rings. The van der Waals surface area contributed by atoms with Gasteiger partial charge in [-0.15, -0.1) is 0 Å². The number of nitrogens with two attached hydrogens (primary N) is 1. The van der Waals surface area contributed by atoms with Crippen molar-refractivity contribution in [3.8, 4) is 0 Å². The number of nitrogens with one attached hydrogen (secondary N) is 1. The number of hydrogen-bond acceptors (Lipinski definition) is 3. The molecule has 0 rings (SSSR count). The average molecular weight is 245 g/mol. The maximum Gasteiger partial charge on any atom is 0.234 e. The van der Waals surface area contributed by atoms with Crippen molar-refractivity contribution in [3.63, 3.8) is 0 Å². The number of rotatable bonds is 7. The van der Waals surface area contributed by atoms with E-state index in [9.17, 15) is 4.79 Å². The summed E-state index contributed by atoms with van der Waals surface area (Å²) in [5.41, 5.74) is 5.45. The molecule has 0 aliphatic heterocycles. The van der Waals surface area contributed by atoms with Gasteiger partial charge < -0.3 is 11.1 Å². The highest BCUT2D eigenvalue weighted by atomic mass is 32.1. The lowest BCUT2D eigenvalue weighted by molar-refractivity contribution is -0.122. The largest absolute Gasteiger partial charge is 0.392 e. The first-order valence-corrected chi connectivity index (χ1v) is 6.07. The van der Waals surface area contributed by atoms with Crippen LogP contribution in [-0.4, -0.2) is 41.5 Å². The summed E-state index contributed by atoms with van der Waals surface area (Å²) < 4.78 is 0. The van der Waals surface area contributed by atoms with Gasteiger partial charge >= 0.3 is 0 Å². The third kappa shape index (κ3) is 6.74.